The number of amides is 2. The van der Waals surface area contributed by atoms with E-state index in [0.717, 1.165) is 64.5 Å². The maximum atomic E-state index is 13.2. The highest BCUT2D eigenvalue weighted by Gasteiger charge is 2.30. The molecule has 1 heterocycles. The summed E-state index contributed by atoms with van der Waals surface area (Å²) in [5.41, 5.74) is -0.0718. The van der Waals surface area contributed by atoms with Gasteiger partial charge in [0.15, 0.2) is 11.4 Å². The van der Waals surface area contributed by atoms with Crippen molar-refractivity contribution in [1.29, 1.82) is 0 Å². The smallest absolute Gasteiger partial charge is 0.263 e. The van der Waals surface area contributed by atoms with Crippen molar-refractivity contribution in [1.82, 2.24) is 15.5 Å². The zero-order chi connectivity index (χ0) is 41.0. The molecule has 0 aliphatic carbocycles. The Bertz CT molecular complexity index is 1650. The molecule has 3 rings (SSSR count). The van der Waals surface area contributed by atoms with Crippen molar-refractivity contribution >= 4 is 29.2 Å². The second-order valence-corrected chi connectivity index (χ2v) is 14.8. The molecule has 9 heteroatoms. The Kier molecular flexibility index (Phi) is 23.0. The van der Waals surface area contributed by atoms with Crippen molar-refractivity contribution in [2.75, 3.05) is 39.4 Å². The van der Waals surface area contributed by atoms with Crippen molar-refractivity contribution in [3.05, 3.63) is 138 Å². The standard InChI is InChI=1S/C48H64ClN3O5/c1-4-5-6-7-8-9-10-11-12-13-14-15-16-17-18-19-20-21-22-23-45(53)50-34-32-43(52-36-38-56-39-37-52)33-35-51-47(55)48(2,3)57-44-30-26-41(27-31-44)46(54)40-24-28-42(49)29-25-40/h5-6,8-9,11-12,14-15,17-18,20-21,24-31,43H,4,7,10,13,16,19,22-23,32-39H2,1-3H3,(H,50,53)(H,51,55). The third kappa shape index (κ3) is 20.0. The molecular formula is C48H64ClN3O5. The van der Waals surface area contributed by atoms with Crippen LogP contribution in [0.2, 0.25) is 5.02 Å². The first kappa shape index (κ1) is 46.9. The Morgan fingerprint density at radius 3 is 1.72 bits per heavy atom. The first-order chi connectivity index (χ1) is 27.7. The minimum Gasteiger partial charge on any atom is -0.478 e. The van der Waals surface area contributed by atoms with Gasteiger partial charge in [-0.3, -0.25) is 19.3 Å². The van der Waals surface area contributed by atoms with E-state index in [0.29, 0.717) is 61.0 Å². The summed E-state index contributed by atoms with van der Waals surface area (Å²) in [5.74, 6) is 0.188. The van der Waals surface area contributed by atoms with E-state index in [1.807, 2.05) is 0 Å². The molecule has 2 aromatic rings. The van der Waals surface area contributed by atoms with Crippen LogP contribution in [0.5, 0.6) is 5.75 Å². The number of morpholine rings is 1. The molecule has 0 saturated carbocycles. The van der Waals surface area contributed by atoms with Gasteiger partial charge in [-0.25, -0.2) is 0 Å². The van der Waals surface area contributed by atoms with Crippen molar-refractivity contribution < 1.29 is 23.9 Å². The molecular weight excluding hydrogens is 734 g/mol. The van der Waals surface area contributed by atoms with Gasteiger partial charge in [0, 0.05) is 54.8 Å². The number of hydrogen-bond acceptors (Lipinski definition) is 6. The van der Waals surface area contributed by atoms with E-state index < -0.39 is 5.60 Å². The average molecular weight is 799 g/mol. The Morgan fingerprint density at radius 1 is 0.719 bits per heavy atom. The molecule has 8 nitrogen and oxygen atoms in total. The number of rotatable bonds is 26. The minimum atomic E-state index is -1.13. The van der Waals surface area contributed by atoms with Crippen LogP contribution in [0, 0.1) is 0 Å². The van der Waals surface area contributed by atoms with Crippen molar-refractivity contribution in [2.24, 2.45) is 0 Å². The summed E-state index contributed by atoms with van der Waals surface area (Å²) in [5, 5.41) is 6.71. The lowest BCUT2D eigenvalue weighted by Gasteiger charge is -2.35. The van der Waals surface area contributed by atoms with Gasteiger partial charge in [0.05, 0.1) is 13.2 Å². The second kappa shape index (κ2) is 28.0. The lowest BCUT2D eigenvalue weighted by atomic mass is 10.0. The molecule has 1 unspecified atom stereocenters. The molecule has 1 atom stereocenters. The molecule has 57 heavy (non-hydrogen) atoms. The van der Waals surface area contributed by atoms with E-state index in [-0.39, 0.29) is 23.6 Å². The zero-order valence-electron chi connectivity index (χ0n) is 34.3. The summed E-state index contributed by atoms with van der Waals surface area (Å²) >= 11 is 5.95. The van der Waals surface area contributed by atoms with Crippen LogP contribution in [-0.2, 0) is 14.3 Å². The summed E-state index contributed by atoms with van der Waals surface area (Å²) in [4.78, 5) is 41.0. The van der Waals surface area contributed by atoms with E-state index in [1.165, 1.54) is 0 Å². The molecule has 1 fully saturated rings. The van der Waals surface area contributed by atoms with Gasteiger partial charge in [-0.05, 0) is 120 Å². The van der Waals surface area contributed by atoms with Gasteiger partial charge in [0.1, 0.15) is 5.75 Å². The van der Waals surface area contributed by atoms with Crippen molar-refractivity contribution in [2.45, 2.75) is 96.6 Å². The third-order valence-corrected chi connectivity index (χ3v) is 9.65. The number of carbonyl (C=O) groups excluding carboxylic acids is 3. The molecule has 308 valence electrons. The third-order valence-electron chi connectivity index (χ3n) is 9.40. The van der Waals surface area contributed by atoms with Crippen LogP contribution in [0.4, 0.5) is 0 Å². The molecule has 0 radical (unpaired) electrons. The maximum absolute atomic E-state index is 13.2. The van der Waals surface area contributed by atoms with Gasteiger partial charge in [0.2, 0.25) is 5.91 Å². The molecule has 0 bridgehead atoms. The first-order valence-electron chi connectivity index (χ1n) is 20.6. The fraction of sp³-hybridized carbons (Fsp3) is 0.438. The van der Waals surface area contributed by atoms with Crippen LogP contribution >= 0.6 is 11.6 Å². The predicted octanol–water partition coefficient (Wildman–Crippen LogP) is 9.92. The average Bonchev–Trinajstić information content (AvgIpc) is 3.21. The monoisotopic (exact) mass is 797 g/mol. The minimum absolute atomic E-state index is 0.0461. The highest BCUT2D eigenvalue weighted by molar-refractivity contribution is 6.30. The maximum Gasteiger partial charge on any atom is 0.263 e. The summed E-state index contributed by atoms with van der Waals surface area (Å²) in [6, 6.07) is 13.7. The molecule has 1 saturated heterocycles. The number of ketones is 1. The topological polar surface area (TPSA) is 97.0 Å². The van der Waals surface area contributed by atoms with Crippen molar-refractivity contribution in [3.8, 4) is 5.75 Å². The zero-order valence-corrected chi connectivity index (χ0v) is 35.1. The Labute approximate surface area is 346 Å². The van der Waals surface area contributed by atoms with Gasteiger partial charge >= 0.3 is 0 Å². The van der Waals surface area contributed by atoms with Crippen LogP contribution in [0.3, 0.4) is 0 Å². The van der Waals surface area contributed by atoms with Gasteiger partial charge in [-0.2, -0.15) is 0 Å². The molecule has 2 N–H and O–H groups in total. The van der Waals surface area contributed by atoms with Crippen molar-refractivity contribution in [3.63, 3.8) is 0 Å². The number of halogens is 1. The van der Waals surface area contributed by atoms with Crippen LogP contribution in [0.15, 0.2) is 121 Å². The van der Waals surface area contributed by atoms with Crippen LogP contribution in [0.25, 0.3) is 0 Å². The number of hydrogen-bond donors (Lipinski definition) is 2. The largest absolute Gasteiger partial charge is 0.478 e. The number of nitrogens with zero attached hydrogens (tertiary/aromatic N) is 1. The molecule has 0 aromatic heterocycles. The summed E-state index contributed by atoms with van der Waals surface area (Å²) in [7, 11) is 0. The summed E-state index contributed by atoms with van der Waals surface area (Å²) in [6.07, 6.45) is 34.6. The number of nitrogens with one attached hydrogen (secondary N) is 2. The Hall–Kier alpha value is -4.50. The van der Waals surface area contributed by atoms with Gasteiger partial charge < -0.3 is 20.1 Å². The summed E-state index contributed by atoms with van der Waals surface area (Å²) < 4.78 is 11.6. The Morgan fingerprint density at radius 2 is 1.19 bits per heavy atom. The van der Waals surface area contributed by atoms with E-state index in [1.54, 1.807) is 62.4 Å². The van der Waals surface area contributed by atoms with Crippen LogP contribution < -0.4 is 15.4 Å². The van der Waals surface area contributed by atoms with E-state index in [9.17, 15) is 14.4 Å². The predicted molar refractivity (Wildman–Crippen MR) is 235 cm³/mol. The fourth-order valence-corrected chi connectivity index (χ4v) is 6.25. The lowest BCUT2D eigenvalue weighted by Crippen LogP contribution is -2.49. The number of benzene rings is 2. The molecule has 2 amide bonds. The second-order valence-electron chi connectivity index (χ2n) is 14.4. The van der Waals surface area contributed by atoms with Gasteiger partial charge in [-0.1, -0.05) is 91.4 Å². The molecule has 1 aliphatic rings. The highest BCUT2D eigenvalue weighted by Crippen LogP contribution is 2.22. The normalized spacial score (nSPS) is 14.8. The molecule has 2 aromatic carbocycles. The highest BCUT2D eigenvalue weighted by atomic mass is 35.5. The van der Waals surface area contributed by atoms with E-state index in [2.05, 4.69) is 95.4 Å². The number of ether oxygens (including phenoxy) is 2. The van der Waals surface area contributed by atoms with E-state index >= 15 is 0 Å². The number of allylic oxidation sites excluding steroid dienone is 12. The molecule has 1 aliphatic heterocycles. The quantitative estimate of drug-likeness (QED) is 0.0727. The van der Waals surface area contributed by atoms with Gasteiger partial charge in [-0.15, -0.1) is 0 Å². The first-order valence-corrected chi connectivity index (χ1v) is 20.9. The van der Waals surface area contributed by atoms with E-state index in [4.69, 9.17) is 21.1 Å². The van der Waals surface area contributed by atoms with Crippen LogP contribution in [0.1, 0.15) is 101 Å². The Balaban J connectivity index is 1.31. The SMILES string of the molecule is CCC=CCC=CCC=CCC=CCC=CCC=CCCC(=O)NCCC(CCNC(=O)C(C)(C)Oc1ccc(C(=O)c2ccc(Cl)cc2)cc1)N1CCOCC1. The fourth-order valence-electron chi connectivity index (χ4n) is 6.12. The lowest BCUT2D eigenvalue weighted by molar-refractivity contribution is -0.134. The number of carbonyl (C=O) groups is 3. The van der Waals surface area contributed by atoms with Crippen LogP contribution in [-0.4, -0.2) is 73.5 Å². The van der Waals surface area contributed by atoms with Gasteiger partial charge in [0.25, 0.3) is 5.91 Å². The summed E-state index contributed by atoms with van der Waals surface area (Å²) in [6.45, 7) is 9.63. The molecule has 0 spiro atoms.